The standard InChI is InChI=1S/C15H13Br2F2N/c1-8-9(4-3-5-11(8)16)15(20-2)10-6-14(19)12(17)7-13(10)18/h3-7,15,20H,1-2H3. The largest absolute Gasteiger partial charge is 0.309 e. The van der Waals surface area contributed by atoms with E-state index >= 15 is 0 Å². The summed E-state index contributed by atoms with van der Waals surface area (Å²) < 4.78 is 28.9. The first kappa shape index (κ1) is 15.6. The van der Waals surface area contributed by atoms with E-state index in [1.807, 2.05) is 25.1 Å². The highest BCUT2D eigenvalue weighted by molar-refractivity contribution is 9.10. The summed E-state index contributed by atoms with van der Waals surface area (Å²) in [5, 5.41) is 3.05. The maximum atomic E-state index is 14.1. The molecule has 2 aromatic rings. The summed E-state index contributed by atoms with van der Waals surface area (Å²) in [6.07, 6.45) is 0. The maximum absolute atomic E-state index is 14.1. The molecule has 1 atom stereocenters. The highest BCUT2D eigenvalue weighted by Gasteiger charge is 2.20. The Morgan fingerprint density at radius 1 is 1.00 bits per heavy atom. The molecule has 1 nitrogen and oxygen atoms in total. The molecule has 0 aromatic heterocycles. The van der Waals surface area contributed by atoms with E-state index in [2.05, 4.69) is 37.2 Å². The Balaban J connectivity index is 2.58. The molecule has 0 spiro atoms. The molecule has 1 N–H and O–H groups in total. The third-order valence-corrected chi connectivity index (χ3v) is 4.73. The van der Waals surface area contributed by atoms with Gasteiger partial charge in [0.1, 0.15) is 11.6 Å². The Hall–Kier alpha value is -0.780. The zero-order valence-electron chi connectivity index (χ0n) is 11.0. The predicted molar refractivity (Wildman–Crippen MR) is 83.8 cm³/mol. The zero-order chi connectivity index (χ0) is 14.9. The van der Waals surface area contributed by atoms with Gasteiger partial charge in [0.15, 0.2) is 0 Å². The van der Waals surface area contributed by atoms with Gasteiger partial charge in [-0.05, 0) is 59.2 Å². The van der Waals surface area contributed by atoms with Crippen LogP contribution in [0.5, 0.6) is 0 Å². The van der Waals surface area contributed by atoms with Gasteiger partial charge in [-0.25, -0.2) is 8.78 Å². The minimum atomic E-state index is -0.478. The van der Waals surface area contributed by atoms with Crippen LogP contribution in [0.1, 0.15) is 22.7 Å². The average Bonchev–Trinajstić information content (AvgIpc) is 2.41. The number of rotatable bonds is 3. The van der Waals surface area contributed by atoms with E-state index in [0.29, 0.717) is 0 Å². The lowest BCUT2D eigenvalue weighted by Gasteiger charge is -2.21. The van der Waals surface area contributed by atoms with Gasteiger partial charge in [-0.15, -0.1) is 0 Å². The number of nitrogens with one attached hydrogen (secondary N) is 1. The van der Waals surface area contributed by atoms with Crippen molar-refractivity contribution in [2.24, 2.45) is 0 Å². The van der Waals surface area contributed by atoms with Crippen molar-refractivity contribution in [1.29, 1.82) is 0 Å². The van der Waals surface area contributed by atoms with E-state index in [1.165, 1.54) is 6.07 Å². The van der Waals surface area contributed by atoms with Crippen LogP contribution in [0.3, 0.4) is 0 Å². The van der Waals surface area contributed by atoms with Gasteiger partial charge in [0.2, 0.25) is 0 Å². The van der Waals surface area contributed by atoms with Gasteiger partial charge in [0, 0.05) is 10.0 Å². The van der Waals surface area contributed by atoms with Gasteiger partial charge in [-0.2, -0.15) is 0 Å². The molecule has 20 heavy (non-hydrogen) atoms. The minimum absolute atomic E-state index is 0.125. The van der Waals surface area contributed by atoms with E-state index in [9.17, 15) is 8.78 Å². The molecule has 2 rings (SSSR count). The molecule has 0 heterocycles. The Labute approximate surface area is 133 Å². The van der Waals surface area contributed by atoms with E-state index < -0.39 is 17.7 Å². The maximum Gasteiger partial charge on any atom is 0.137 e. The number of hydrogen-bond donors (Lipinski definition) is 1. The summed E-state index contributed by atoms with van der Waals surface area (Å²) in [6, 6.07) is 7.67. The molecule has 0 saturated carbocycles. The fourth-order valence-corrected chi connectivity index (χ4v) is 2.87. The Bertz CT molecular complexity index is 644. The highest BCUT2D eigenvalue weighted by Crippen LogP contribution is 2.32. The summed E-state index contributed by atoms with van der Waals surface area (Å²) in [7, 11) is 1.73. The molecular weight excluding hydrogens is 392 g/mol. The summed E-state index contributed by atoms with van der Waals surface area (Å²) in [5.41, 5.74) is 2.19. The molecule has 0 fully saturated rings. The van der Waals surface area contributed by atoms with Gasteiger partial charge in [-0.1, -0.05) is 28.1 Å². The van der Waals surface area contributed by atoms with Crippen LogP contribution in [0.2, 0.25) is 0 Å². The molecule has 0 aliphatic carbocycles. The second-order valence-corrected chi connectivity index (χ2v) is 6.17. The SMILES string of the molecule is CNC(c1cc(F)c(Br)cc1F)c1cccc(Br)c1C. The average molecular weight is 405 g/mol. The number of benzene rings is 2. The smallest absolute Gasteiger partial charge is 0.137 e. The third kappa shape index (κ3) is 2.95. The molecule has 1 unspecified atom stereocenters. The zero-order valence-corrected chi connectivity index (χ0v) is 14.1. The number of hydrogen-bond acceptors (Lipinski definition) is 1. The van der Waals surface area contributed by atoms with Crippen molar-refractivity contribution >= 4 is 31.9 Å². The second-order valence-electron chi connectivity index (χ2n) is 4.46. The summed E-state index contributed by atoms with van der Waals surface area (Å²) in [4.78, 5) is 0. The summed E-state index contributed by atoms with van der Waals surface area (Å²) in [5.74, 6) is -0.925. The Morgan fingerprint density at radius 2 is 1.70 bits per heavy atom. The van der Waals surface area contributed by atoms with E-state index in [-0.39, 0.29) is 10.0 Å². The Morgan fingerprint density at radius 3 is 2.35 bits per heavy atom. The van der Waals surface area contributed by atoms with Gasteiger partial charge in [-0.3, -0.25) is 0 Å². The molecule has 0 aliphatic rings. The number of halogens is 4. The molecule has 0 aliphatic heterocycles. The van der Waals surface area contributed by atoms with Crippen molar-refractivity contribution in [3.05, 3.63) is 67.6 Å². The van der Waals surface area contributed by atoms with Gasteiger partial charge >= 0.3 is 0 Å². The highest BCUT2D eigenvalue weighted by atomic mass is 79.9. The molecule has 2 aromatic carbocycles. The topological polar surface area (TPSA) is 12.0 Å². The van der Waals surface area contributed by atoms with Crippen molar-refractivity contribution in [3.8, 4) is 0 Å². The lowest BCUT2D eigenvalue weighted by atomic mass is 9.94. The lowest BCUT2D eigenvalue weighted by molar-refractivity contribution is 0.554. The molecule has 5 heteroatoms. The fourth-order valence-electron chi connectivity index (χ4n) is 2.17. The van der Waals surface area contributed by atoms with Crippen LogP contribution in [-0.4, -0.2) is 7.05 Å². The minimum Gasteiger partial charge on any atom is -0.309 e. The van der Waals surface area contributed by atoms with Crippen LogP contribution < -0.4 is 5.32 Å². The first-order valence-corrected chi connectivity index (χ1v) is 7.61. The van der Waals surface area contributed by atoms with Crippen molar-refractivity contribution in [2.75, 3.05) is 7.05 Å². The predicted octanol–water partition coefficient (Wildman–Crippen LogP) is 5.11. The van der Waals surface area contributed by atoms with Crippen LogP contribution >= 0.6 is 31.9 Å². The van der Waals surface area contributed by atoms with Gasteiger partial charge in [0.05, 0.1) is 10.5 Å². The lowest BCUT2D eigenvalue weighted by Crippen LogP contribution is -2.20. The van der Waals surface area contributed by atoms with E-state index in [4.69, 9.17) is 0 Å². The molecule has 0 amide bonds. The second kappa shape index (κ2) is 6.33. The monoisotopic (exact) mass is 403 g/mol. The van der Waals surface area contributed by atoms with Crippen LogP contribution in [0, 0.1) is 18.6 Å². The summed E-state index contributed by atoms with van der Waals surface area (Å²) in [6.45, 7) is 1.94. The third-order valence-electron chi connectivity index (χ3n) is 3.26. The molecule has 0 saturated heterocycles. The molecule has 106 valence electrons. The first-order chi connectivity index (χ1) is 9.45. The molecular formula is C15H13Br2F2N. The van der Waals surface area contributed by atoms with Crippen LogP contribution in [0.25, 0.3) is 0 Å². The van der Waals surface area contributed by atoms with Gasteiger partial charge in [0.25, 0.3) is 0 Å². The van der Waals surface area contributed by atoms with Crippen molar-refractivity contribution in [2.45, 2.75) is 13.0 Å². The van der Waals surface area contributed by atoms with Gasteiger partial charge < -0.3 is 5.32 Å². The normalized spacial score (nSPS) is 12.5. The first-order valence-electron chi connectivity index (χ1n) is 6.02. The summed E-state index contributed by atoms with van der Waals surface area (Å²) >= 11 is 6.45. The quantitative estimate of drug-likeness (QED) is 0.701. The van der Waals surface area contributed by atoms with E-state index in [0.717, 1.165) is 21.7 Å². The van der Waals surface area contributed by atoms with Crippen LogP contribution in [0.15, 0.2) is 39.3 Å². The molecule has 0 bridgehead atoms. The van der Waals surface area contributed by atoms with Crippen LogP contribution in [-0.2, 0) is 0 Å². The van der Waals surface area contributed by atoms with E-state index in [1.54, 1.807) is 7.05 Å². The van der Waals surface area contributed by atoms with Crippen molar-refractivity contribution < 1.29 is 8.78 Å². The van der Waals surface area contributed by atoms with Crippen molar-refractivity contribution in [3.63, 3.8) is 0 Å². The van der Waals surface area contributed by atoms with Crippen molar-refractivity contribution in [1.82, 2.24) is 5.32 Å². The van der Waals surface area contributed by atoms with Crippen LogP contribution in [0.4, 0.5) is 8.78 Å². The Kier molecular flexibility index (Phi) is 4.94. The molecule has 0 radical (unpaired) electrons. The fraction of sp³-hybridized carbons (Fsp3) is 0.200.